The lowest BCUT2D eigenvalue weighted by molar-refractivity contribution is 0.0735. The largest absolute Gasteiger partial charge is 0.336 e. The number of pyridine rings is 1. The zero-order valence-electron chi connectivity index (χ0n) is 11.7. The minimum absolute atomic E-state index is 0.0557. The number of carbonyl (C=O) groups is 1. The van der Waals surface area contributed by atoms with Gasteiger partial charge in [0.05, 0.1) is 11.3 Å². The van der Waals surface area contributed by atoms with Crippen LogP contribution in [0.15, 0.2) is 18.3 Å². The minimum Gasteiger partial charge on any atom is -0.336 e. The van der Waals surface area contributed by atoms with Crippen LogP contribution in [0.1, 0.15) is 16.8 Å². The van der Waals surface area contributed by atoms with E-state index in [0.29, 0.717) is 37.4 Å². The highest BCUT2D eigenvalue weighted by Gasteiger charge is 2.29. The number of nitrogens with one attached hydrogen (secondary N) is 1. The summed E-state index contributed by atoms with van der Waals surface area (Å²) in [5, 5.41) is 3.19. The van der Waals surface area contributed by atoms with Crippen molar-refractivity contribution in [2.75, 3.05) is 42.8 Å². The average molecular weight is 310 g/mol. The first kappa shape index (κ1) is 14.3. The molecule has 2 saturated heterocycles. The van der Waals surface area contributed by atoms with Gasteiger partial charge < -0.3 is 10.2 Å². The average Bonchev–Trinajstić information content (AvgIpc) is 2.87. The molecule has 3 rings (SSSR count). The van der Waals surface area contributed by atoms with Crippen LogP contribution in [0.4, 0.5) is 5.82 Å². The molecule has 0 atom stereocenters. The third-order valence-corrected chi connectivity index (χ3v) is 5.60. The van der Waals surface area contributed by atoms with Gasteiger partial charge in [-0.05, 0) is 18.6 Å². The first-order valence-corrected chi connectivity index (χ1v) is 8.65. The van der Waals surface area contributed by atoms with E-state index in [1.807, 2.05) is 0 Å². The molecule has 0 bridgehead atoms. The molecule has 1 aromatic heterocycles. The zero-order valence-corrected chi connectivity index (χ0v) is 12.5. The standard InChI is InChI=1S/C13H18N4O3S/c18-13(16-7-4-14-5-8-16)11-2-3-12(15-10-11)17-6-1-9-21(17,19)20/h2-3,10,14H,1,4-9H2. The predicted octanol–water partition coefficient (Wildman–Crippen LogP) is -0.333. The van der Waals surface area contributed by atoms with Gasteiger partial charge in [-0.15, -0.1) is 0 Å². The van der Waals surface area contributed by atoms with Crippen molar-refractivity contribution in [3.05, 3.63) is 23.9 Å². The van der Waals surface area contributed by atoms with Crippen molar-refractivity contribution >= 4 is 21.7 Å². The van der Waals surface area contributed by atoms with Crippen LogP contribution in [-0.2, 0) is 10.0 Å². The number of amides is 1. The van der Waals surface area contributed by atoms with Crippen LogP contribution in [0.25, 0.3) is 0 Å². The van der Waals surface area contributed by atoms with E-state index < -0.39 is 10.0 Å². The highest BCUT2D eigenvalue weighted by atomic mass is 32.2. The highest BCUT2D eigenvalue weighted by Crippen LogP contribution is 2.22. The number of hydrogen-bond donors (Lipinski definition) is 1. The Morgan fingerprint density at radius 1 is 1.19 bits per heavy atom. The summed E-state index contributed by atoms with van der Waals surface area (Å²) in [5.74, 6) is 0.500. The summed E-state index contributed by atoms with van der Waals surface area (Å²) in [6.07, 6.45) is 2.08. The lowest BCUT2D eigenvalue weighted by atomic mass is 10.2. The topological polar surface area (TPSA) is 82.6 Å². The fraction of sp³-hybridized carbons (Fsp3) is 0.538. The Balaban J connectivity index is 1.76. The highest BCUT2D eigenvalue weighted by molar-refractivity contribution is 7.93. The van der Waals surface area contributed by atoms with E-state index in [2.05, 4.69) is 10.3 Å². The fourth-order valence-corrected chi connectivity index (χ4v) is 4.12. The summed E-state index contributed by atoms with van der Waals surface area (Å²) in [6.45, 7) is 3.41. The predicted molar refractivity (Wildman–Crippen MR) is 78.8 cm³/mol. The van der Waals surface area contributed by atoms with E-state index in [1.54, 1.807) is 17.0 Å². The summed E-state index contributed by atoms with van der Waals surface area (Å²) < 4.78 is 25.0. The molecule has 3 heterocycles. The number of carbonyl (C=O) groups excluding carboxylic acids is 1. The maximum absolute atomic E-state index is 12.3. The molecule has 7 nitrogen and oxygen atoms in total. The molecule has 1 N–H and O–H groups in total. The molecule has 2 aliphatic rings. The quantitative estimate of drug-likeness (QED) is 0.808. The van der Waals surface area contributed by atoms with Crippen LogP contribution in [0.5, 0.6) is 0 Å². The molecule has 1 amide bonds. The van der Waals surface area contributed by atoms with Gasteiger partial charge in [-0.25, -0.2) is 13.4 Å². The fourth-order valence-electron chi connectivity index (χ4n) is 2.61. The van der Waals surface area contributed by atoms with Gasteiger partial charge in [-0.3, -0.25) is 9.10 Å². The Labute approximate surface area is 124 Å². The van der Waals surface area contributed by atoms with E-state index in [0.717, 1.165) is 13.1 Å². The summed E-state index contributed by atoms with van der Waals surface area (Å²) in [6, 6.07) is 3.26. The van der Waals surface area contributed by atoms with Gasteiger partial charge in [0.15, 0.2) is 0 Å². The van der Waals surface area contributed by atoms with Crippen molar-refractivity contribution in [1.29, 1.82) is 0 Å². The lowest BCUT2D eigenvalue weighted by Gasteiger charge is -2.27. The van der Waals surface area contributed by atoms with Crippen molar-refractivity contribution in [3.63, 3.8) is 0 Å². The van der Waals surface area contributed by atoms with E-state index >= 15 is 0 Å². The maximum Gasteiger partial charge on any atom is 0.255 e. The number of hydrogen-bond acceptors (Lipinski definition) is 5. The molecule has 0 radical (unpaired) electrons. The van der Waals surface area contributed by atoms with Crippen LogP contribution in [0, 0.1) is 0 Å². The van der Waals surface area contributed by atoms with Crippen molar-refractivity contribution in [1.82, 2.24) is 15.2 Å². The minimum atomic E-state index is -3.23. The van der Waals surface area contributed by atoms with Crippen LogP contribution >= 0.6 is 0 Å². The summed E-state index contributed by atoms with van der Waals surface area (Å²) in [5.41, 5.74) is 0.497. The van der Waals surface area contributed by atoms with Crippen LogP contribution < -0.4 is 9.62 Å². The second kappa shape index (κ2) is 5.61. The van der Waals surface area contributed by atoms with Gasteiger partial charge in [-0.2, -0.15) is 0 Å². The SMILES string of the molecule is O=C(c1ccc(N2CCCS2(=O)=O)nc1)N1CCNCC1. The first-order valence-electron chi connectivity index (χ1n) is 7.04. The number of aromatic nitrogens is 1. The zero-order chi connectivity index (χ0) is 14.9. The summed E-state index contributed by atoms with van der Waals surface area (Å²) in [7, 11) is -3.23. The number of rotatable bonds is 2. The van der Waals surface area contributed by atoms with E-state index in [1.165, 1.54) is 10.5 Å². The second-order valence-corrected chi connectivity index (χ2v) is 7.20. The van der Waals surface area contributed by atoms with E-state index in [4.69, 9.17) is 0 Å². The number of nitrogens with zero attached hydrogens (tertiary/aromatic N) is 3. The Morgan fingerprint density at radius 3 is 2.52 bits per heavy atom. The first-order chi connectivity index (χ1) is 10.1. The molecule has 0 spiro atoms. The molecule has 2 aliphatic heterocycles. The molecule has 1 aromatic rings. The smallest absolute Gasteiger partial charge is 0.255 e. The van der Waals surface area contributed by atoms with Gasteiger partial charge in [0.25, 0.3) is 5.91 Å². The molecule has 0 saturated carbocycles. The van der Waals surface area contributed by atoms with Gasteiger partial charge >= 0.3 is 0 Å². The van der Waals surface area contributed by atoms with Crippen LogP contribution in [0.3, 0.4) is 0 Å². The summed E-state index contributed by atoms with van der Waals surface area (Å²) >= 11 is 0. The van der Waals surface area contributed by atoms with Crippen molar-refractivity contribution in [3.8, 4) is 0 Å². The van der Waals surface area contributed by atoms with Crippen molar-refractivity contribution in [2.24, 2.45) is 0 Å². The number of anilines is 1. The lowest BCUT2D eigenvalue weighted by Crippen LogP contribution is -2.46. The maximum atomic E-state index is 12.3. The van der Waals surface area contributed by atoms with Gasteiger partial charge in [0.1, 0.15) is 5.82 Å². The number of piperazine rings is 1. The third-order valence-electron chi connectivity index (χ3n) is 3.75. The second-order valence-electron chi connectivity index (χ2n) is 5.19. The molecule has 8 heteroatoms. The Bertz CT molecular complexity index is 623. The van der Waals surface area contributed by atoms with Crippen LogP contribution in [-0.4, -0.2) is 62.7 Å². The van der Waals surface area contributed by atoms with Crippen molar-refractivity contribution in [2.45, 2.75) is 6.42 Å². The van der Waals surface area contributed by atoms with E-state index in [-0.39, 0.29) is 11.7 Å². The number of sulfonamides is 1. The Kier molecular flexibility index (Phi) is 3.81. The van der Waals surface area contributed by atoms with Gasteiger partial charge in [-0.1, -0.05) is 0 Å². The molecule has 0 aromatic carbocycles. The molecular weight excluding hydrogens is 292 g/mol. The Hall–Kier alpha value is -1.67. The van der Waals surface area contributed by atoms with Gasteiger partial charge in [0.2, 0.25) is 10.0 Å². The molecular formula is C13H18N4O3S. The third kappa shape index (κ3) is 2.86. The molecule has 114 valence electrons. The summed E-state index contributed by atoms with van der Waals surface area (Å²) in [4.78, 5) is 18.2. The van der Waals surface area contributed by atoms with E-state index in [9.17, 15) is 13.2 Å². The van der Waals surface area contributed by atoms with Gasteiger partial charge in [0, 0.05) is 38.9 Å². The molecule has 2 fully saturated rings. The normalized spacial score (nSPS) is 21.5. The molecule has 0 unspecified atom stereocenters. The monoisotopic (exact) mass is 310 g/mol. The molecule has 0 aliphatic carbocycles. The molecule has 21 heavy (non-hydrogen) atoms. The Morgan fingerprint density at radius 2 is 1.95 bits per heavy atom. The van der Waals surface area contributed by atoms with Crippen molar-refractivity contribution < 1.29 is 13.2 Å². The van der Waals surface area contributed by atoms with Crippen LogP contribution in [0.2, 0.25) is 0 Å².